The van der Waals surface area contributed by atoms with E-state index < -0.39 is 6.10 Å². The SMILES string of the molecule is C[C@H](OC(=O)c1cc2c(s1)CCC2)c1nc2ccccc2c(=O)[nH]1. The lowest BCUT2D eigenvalue weighted by molar-refractivity contribution is 0.0326. The quantitative estimate of drug-likeness (QED) is 0.742. The molecule has 122 valence electrons. The third-order valence-corrected chi connectivity index (χ3v) is 5.46. The Labute approximate surface area is 142 Å². The predicted molar refractivity (Wildman–Crippen MR) is 92.5 cm³/mol. The molecule has 4 rings (SSSR count). The van der Waals surface area contributed by atoms with Crippen LogP contribution in [0.3, 0.4) is 0 Å². The highest BCUT2D eigenvalue weighted by Crippen LogP contribution is 2.31. The van der Waals surface area contributed by atoms with Crippen molar-refractivity contribution in [2.75, 3.05) is 0 Å². The molecule has 2 aromatic heterocycles. The zero-order valence-electron chi connectivity index (χ0n) is 13.2. The number of fused-ring (bicyclic) bond motifs is 2. The molecule has 0 saturated heterocycles. The van der Waals surface area contributed by atoms with Crippen LogP contribution in [0.5, 0.6) is 0 Å². The topological polar surface area (TPSA) is 72.0 Å². The Balaban J connectivity index is 1.58. The maximum Gasteiger partial charge on any atom is 0.349 e. The molecule has 0 fully saturated rings. The molecule has 0 saturated carbocycles. The van der Waals surface area contributed by atoms with Crippen LogP contribution in [0.15, 0.2) is 35.1 Å². The fourth-order valence-corrected chi connectivity index (χ4v) is 4.14. The smallest absolute Gasteiger partial charge is 0.349 e. The average molecular weight is 340 g/mol. The number of thiophene rings is 1. The van der Waals surface area contributed by atoms with Gasteiger partial charge in [0.05, 0.1) is 10.9 Å². The molecule has 3 aromatic rings. The minimum atomic E-state index is -0.619. The Hall–Kier alpha value is -2.47. The molecule has 1 atom stereocenters. The number of rotatable bonds is 3. The van der Waals surface area contributed by atoms with Gasteiger partial charge in [-0.1, -0.05) is 12.1 Å². The van der Waals surface area contributed by atoms with Crippen LogP contribution in [-0.2, 0) is 17.6 Å². The number of para-hydroxylation sites is 1. The van der Waals surface area contributed by atoms with E-state index in [1.807, 2.05) is 12.1 Å². The predicted octanol–water partition coefficient (Wildman–Crippen LogP) is 3.39. The lowest BCUT2D eigenvalue weighted by Gasteiger charge is -2.12. The van der Waals surface area contributed by atoms with Gasteiger partial charge in [0.15, 0.2) is 11.9 Å². The minimum Gasteiger partial charge on any atom is -0.450 e. The van der Waals surface area contributed by atoms with E-state index in [2.05, 4.69) is 9.97 Å². The van der Waals surface area contributed by atoms with E-state index in [1.54, 1.807) is 25.1 Å². The van der Waals surface area contributed by atoms with Gasteiger partial charge in [-0.15, -0.1) is 11.3 Å². The van der Waals surface area contributed by atoms with Crippen molar-refractivity contribution in [3.05, 3.63) is 61.8 Å². The molecule has 2 heterocycles. The molecule has 24 heavy (non-hydrogen) atoms. The number of aromatic amines is 1. The molecule has 0 amide bonds. The number of esters is 1. The Morgan fingerprint density at radius 3 is 3.00 bits per heavy atom. The normalized spacial score (nSPS) is 14.5. The van der Waals surface area contributed by atoms with E-state index in [0.29, 0.717) is 21.6 Å². The molecule has 0 aliphatic heterocycles. The number of aromatic nitrogens is 2. The van der Waals surface area contributed by atoms with Gasteiger partial charge in [-0.3, -0.25) is 4.79 Å². The van der Waals surface area contributed by atoms with Gasteiger partial charge in [-0.25, -0.2) is 9.78 Å². The zero-order valence-corrected chi connectivity index (χ0v) is 14.0. The Bertz CT molecular complexity index is 968. The highest BCUT2D eigenvalue weighted by Gasteiger charge is 2.22. The van der Waals surface area contributed by atoms with Gasteiger partial charge >= 0.3 is 5.97 Å². The number of carbonyl (C=O) groups is 1. The summed E-state index contributed by atoms with van der Waals surface area (Å²) in [4.78, 5) is 33.5. The van der Waals surface area contributed by atoms with E-state index in [0.717, 1.165) is 19.3 Å². The number of hydrogen-bond donors (Lipinski definition) is 1. The van der Waals surface area contributed by atoms with E-state index >= 15 is 0 Å². The third kappa shape index (κ3) is 2.63. The maximum atomic E-state index is 12.4. The van der Waals surface area contributed by atoms with Crippen molar-refractivity contribution < 1.29 is 9.53 Å². The average Bonchev–Trinajstić information content (AvgIpc) is 3.16. The first-order valence-corrected chi connectivity index (χ1v) is 8.75. The molecule has 0 unspecified atom stereocenters. The summed E-state index contributed by atoms with van der Waals surface area (Å²) in [6.07, 6.45) is 2.62. The first-order chi connectivity index (χ1) is 11.6. The second kappa shape index (κ2) is 5.87. The molecule has 6 heteroatoms. The highest BCUT2D eigenvalue weighted by atomic mass is 32.1. The number of H-pyrrole nitrogens is 1. The van der Waals surface area contributed by atoms with Gasteiger partial charge in [-0.2, -0.15) is 0 Å². The molecule has 1 N–H and O–H groups in total. The van der Waals surface area contributed by atoms with Crippen LogP contribution in [0.2, 0.25) is 0 Å². The van der Waals surface area contributed by atoms with Gasteiger partial charge in [0, 0.05) is 4.88 Å². The largest absolute Gasteiger partial charge is 0.450 e. The van der Waals surface area contributed by atoms with Crippen LogP contribution in [0.1, 0.15) is 45.4 Å². The zero-order chi connectivity index (χ0) is 16.7. The summed E-state index contributed by atoms with van der Waals surface area (Å²) < 4.78 is 5.50. The van der Waals surface area contributed by atoms with Crippen molar-refractivity contribution in [3.63, 3.8) is 0 Å². The van der Waals surface area contributed by atoms with Crippen LogP contribution in [0, 0.1) is 0 Å². The Kier molecular flexibility index (Phi) is 3.69. The number of nitrogens with one attached hydrogen (secondary N) is 1. The Morgan fingerprint density at radius 1 is 1.33 bits per heavy atom. The monoisotopic (exact) mass is 340 g/mol. The van der Waals surface area contributed by atoms with Crippen molar-refractivity contribution in [2.45, 2.75) is 32.3 Å². The molecular weight excluding hydrogens is 324 g/mol. The van der Waals surface area contributed by atoms with Gasteiger partial charge in [0.25, 0.3) is 5.56 Å². The minimum absolute atomic E-state index is 0.228. The van der Waals surface area contributed by atoms with Crippen molar-refractivity contribution in [1.82, 2.24) is 9.97 Å². The van der Waals surface area contributed by atoms with E-state index in [4.69, 9.17) is 4.74 Å². The van der Waals surface area contributed by atoms with E-state index in [-0.39, 0.29) is 11.5 Å². The summed E-state index contributed by atoms with van der Waals surface area (Å²) in [6, 6.07) is 9.03. The molecule has 1 aliphatic rings. The molecule has 5 nitrogen and oxygen atoms in total. The van der Waals surface area contributed by atoms with Crippen molar-refractivity contribution >= 4 is 28.2 Å². The van der Waals surface area contributed by atoms with Crippen LogP contribution in [-0.4, -0.2) is 15.9 Å². The molecule has 1 aromatic carbocycles. The number of benzene rings is 1. The van der Waals surface area contributed by atoms with E-state index in [9.17, 15) is 9.59 Å². The fourth-order valence-electron chi connectivity index (χ4n) is 3.00. The molecule has 0 bridgehead atoms. The number of ether oxygens (including phenoxy) is 1. The van der Waals surface area contributed by atoms with Gasteiger partial charge in [0.1, 0.15) is 4.88 Å². The second-order valence-electron chi connectivity index (χ2n) is 5.93. The highest BCUT2D eigenvalue weighted by molar-refractivity contribution is 7.14. The summed E-state index contributed by atoms with van der Waals surface area (Å²) in [5, 5.41) is 0.523. The number of hydrogen-bond acceptors (Lipinski definition) is 5. The van der Waals surface area contributed by atoms with Gasteiger partial charge < -0.3 is 9.72 Å². The van der Waals surface area contributed by atoms with Crippen molar-refractivity contribution in [1.29, 1.82) is 0 Å². The Morgan fingerprint density at radius 2 is 2.17 bits per heavy atom. The van der Waals surface area contributed by atoms with Crippen molar-refractivity contribution in [2.24, 2.45) is 0 Å². The molecule has 1 aliphatic carbocycles. The van der Waals surface area contributed by atoms with Crippen LogP contribution < -0.4 is 5.56 Å². The first-order valence-electron chi connectivity index (χ1n) is 7.93. The van der Waals surface area contributed by atoms with E-state index in [1.165, 1.54) is 21.8 Å². The number of carbonyl (C=O) groups excluding carboxylic acids is 1. The summed E-state index contributed by atoms with van der Waals surface area (Å²) in [5.74, 6) is -0.00569. The lowest BCUT2D eigenvalue weighted by atomic mass is 10.2. The third-order valence-electron chi connectivity index (χ3n) is 4.25. The van der Waals surface area contributed by atoms with Crippen LogP contribution in [0.25, 0.3) is 10.9 Å². The fraction of sp³-hybridized carbons (Fsp3) is 0.278. The maximum absolute atomic E-state index is 12.4. The summed E-state index contributed by atoms with van der Waals surface area (Å²) in [5.41, 5.74) is 1.62. The van der Waals surface area contributed by atoms with Crippen LogP contribution in [0.4, 0.5) is 0 Å². The molecule has 0 radical (unpaired) electrons. The second-order valence-corrected chi connectivity index (χ2v) is 7.07. The first kappa shape index (κ1) is 15.1. The molecule has 0 spiro atoms. The summed E-state index contributed by atoms with van der Waals surface area (Å²) in [7, 11) is 0. The standard InChI is InChI=1S/C18H16N2O3S/c1-10(16-19-13-7-3-2-6-12(13)17(21)20-16)23-18(22)15-9-11-5-4-8-14(11)24-15/h2-3,6-7,9-10H,4-5,8H2,1H3,(H,19,20,21)/t10-/m0/s1. The number of aryl methyl sites for hydroxylation is 2. The lowest BCUT2D eigenvalue weighted by Crippen LogP contribution is -2.17. The van der Waals surface area contributed by atoms with Crippen molar-refractivity contribution in [3.8, 4) is 0 Å². The van der Waals surface area contributed by atoms with Gasteiger partial charge in [0.2, 0.25) is 0 Å². The summed E-state index contributed by atoms with van der Waals surface area (Å²) >= 11 is 1.51. The van der Waals surface area contributed by atoms with Crippen LogP contribution >= 0.6 is 11.3 Å². The van der Waals surface area contributed by atoms with Gasteiger partial charge in [-0.05, 0) is 49.9 Å². The molecular formula is C18H16N2O3S. The number of nitrogens with zero attached hydrogens (tertiary/aromatic N) is 1. The summed E-state index contributed by atoms with van der Waals surface area (Å²) in [6.45, 7) is 1.71.